The lowest BCUT2D eigenvalue weighted by Gasteiger charge is -2.21. The minimum absolute atomic E-state index is 0.241. The van der Waals surface area contributed by atoms with Gasteiger partial charge in [0.2, 0.25) is 0 Å². The predicted octanol–water partition coefficient (Wildman–Crippen LogP) is 2.51. The van der Waals surface area contributed by atoms with Crippen molar-refractivity contribution in [2.75, 3.05) is 5.32 Å². The highest BCUT2D eigenvalue weighted by Crippen LogP contribution is 2.33. The summed E-state index contributed by atoms with van der Waals surface area (Å²) in [4.78, 5) is 23.6. The molecule has 0 fully saturated rings. The molecule has 5 nitrogen and oxygen atoms in total. The number of rotatable bonds is 1. The van der Waals surface area contributed by atoms with E-state index in [1.165, 1.54) is 0 Å². The first-order valence-corrected chi connectivity index (χ1v) is 6.18. The Bertz CT molecular complexity index is 532. The van der Waals surface area contributed by atoms with Crippen LogP contribution < -0.4 is 10.6 Å². The molecule has 0 saturated carbocycles. The van der Waals surface area contributed by atoms with Gasteiger partial charge >= 0.3 is 6.09 Å². The van der Waals surface area contributed by atoms with Crippen molar-refractivity contribution in [3.8, 4) is 0 Å². The summed E-state index contributed by atoms with van der Waals surface area (Å²) in [5.74, 6) is -0.241. The number of fused-ring (bicyclic) bond motifs is 1. The highest BCUT2D eigenvalue weighted by molar-refractivity contribution is 6.04. The maximum atomic E-state index is 11.9. The average Bonchev–Trinajstić information content (AvgIpc) is 2.55. The van der Waals surface area contributed by atoms with Crippen LogP contribution in [0.2, 0.25) is 0 Å². The standard InChI is InChI=1S/C14H18N2O3/c1-8-6-5-7-9-10(8)15-12(17)11(9)16-13(18)19-14(2,3)4/h5-7,11H,1-4H3,(H,15,17)(H,16,18). The number of alkyl carbamates (subject to hydrolysis) is 1. The minimum atomic E-state index is -0.690. The van der Waals surface area contributed by atoms with Gasteiger partial charge in [-0.05, 0) is 33.3 Å². The zero-order valence-electron chi connectivity index (χ0n) is 11.5. The molecule has 1 aromatic rings. The fourth-order valence-corrected chi connectivity index (χ4v) is 2.01. The van der Waals surface area contributed by atoms with Crippen LogP contribution in [0, 0.1) is 6.92 Å². The monoisotopic (exact) mass is 262 g/mol. The van der Waals surface area contributed by atoms with Crippen LogP contribution in [0.3, 0.4) is 0 Å². The number of benzene rings is 1. The van der Waals surface area contributed by atoms with Gasteiger partial charge in [0, 0.05) is 11.3 Å². The SMILES string of the molecule is Cc1cccc2c1NC(=O)C2NC(=O)OC(C)(C)C. The largest absolute Gasteiger partial charge is 0.444 e. The van der Waals surface area contributed by atoms with Crippen molar-refractivity contribution in [3.63, 3.8) is 0 Å². The van der Waals surface area contributed by atoms with Crippen molar-refractivity contribution in [1.29, 1.82) is 0 Å². The van der Waals surface area contributed by atoms with E-state index >= 15 is 0 Å². The second kappa shape index (κ2) is 4.57. The summed E-state index contributed by atoms with van der Waals surface area (Å²) in [7, 11) is 0. The molecule has 2 amide bonds. The molecule has 102 valence electrons. The highest BCUT2D eigenvalue weighted by Gasteiger charge is 2.33. The number of nitrogens with one attached hydrogen (secondary N) is 2. The third-order valence-electron chi connectivity index (χ3n) is 2.79. The molecule has 1 aliphatic heterocycles. The van der Waals surface area contributed by atoms with E-state index in [1.807, 2.05) is 25.1 Å². The van der Waals surface area contributed by atoms with Crippen LogP contribution >= 0.6 is 0 Å². The molecule has 1 aromatic carbocycles. The third kappa shape index (κ3) is 2.86. The van der Waals surface area contributed by atoms with Gasteiger partial charge in [-0.1, -0.05) is 18.2 Å². The van der Waals surface area contributed by atoms with E-state index in [1.54, 1.807) is 20.8 Å². The first-order chi connectivity index (χ1) is 8.78. The molecule has 0 saturated heterocycles. The Labute approximate surface area is 112 Å². The molecule has 2 N–H and O–H groups in total. The van der Waals surface area contributed by atoms with Gasteiger partial charge in [0.15, 0.2) is 0 Å². The van der Waals surface area contributed by atoms with Crippen LogP contribution in [-0.2, 0) is 9.53 Å². The van der Waals surface area contributed by atoms with E-state index < -0.39 is 17.7 Å². The number of ether oxygens (including phenoxy) is 1. The first kappa shape index (κ1) is 13.4. The Balaban J connectivity index is 2.17. The lowest BCUT2D eigenvalue weighted by atomic mass is 10.1. The fraction of sp³-hybridized carbons (Fsp3) is 0.429. The third-order valence-corrected chi connectivity index (χ3v) is 2.79. The van der Waals surface area contributed by atoms with Crippen LogP contribution in [-0.4, -0.2) is 17.6 Å². The number of carbonyl (C=O) groups excluding carboxylic acids is 2. The number of hydrogen-bond acceptors (Lipinski definition) is 3. The predicted molar refractivity (Wildman–Crippen MR) is 71.9 cm³/mol. The number of amides is 2. The quantitative estimate of drug-likeness (QED) is 0.817. The van der Waals surface area contributed by atoms with Gasteiger partial charge in [-0.15, -0.1) is 0 Å². The van der Waals surface area contributed by atoms with E-state index in [2.05, 4.69) is 10.6 Å². The van der Waals surface area contributed by atoms with E-state index in [9.17, 15) is 9.59 Å². The second-order valence-corrected chi connectivity index (χ2v) is 5.61. The highest BCUT2D eigenvalue weighted by atomic mass is 16.6. The van der Waals surface area contributed by atoms with Gasteiger partial charge in [0.1, 0.15) is 11.6 Å². The van der Waals surface area contributed by atoms with Gasteiger partial charge in [-0.3, -0.25) is 4.79 Å². The van der Waals surface area contributed by atoms with Crippen LogP contribution in [0.4, 0.5) is 10.5 Å². The molecule has 19 heavy (non-hydrogen) atoms. The minimum Gasteiger partial charge on any atom is -0.444 e. The molecule has 2 rings (SSSR count). The molecule has 0 spiro atoms. The molecule has 1 atom stereocenters. The van der Waals surface area contributed by atoms with E-state index in [0.717, 1.165) is 16.8 Å². The zero-order chi connectivity index (χ0) is 14.2. The Kier molecular flexibility index (Phi) is 3.22. The zero-order valence-corrected chi connectivity index (χ0v) is 11.5. The maximum absolute atomic E-state index is 11.9. The van der Waals surface area contributed by atoms with Crippen molar-refractivity contribution in [1.82, 2.24) is 5.32 Å². The summed E-state index contributed by atoms with van der Waals surface area (Å²) in [5, 5.41) is 5.37. The Morgan fingerprint density at radius 3 is 2.68 bits per heavy atom. The van der Waals surface area contributed by atoms with Gasteiger partial charge in [-0.25, -0.2) is 4.79 Å². The summed E-state index contributed by atoms with van der Waals surface area (Å²) in [6.45, 7) is 7.24. The van der Waals surface area contributed by atoms with Crippen molar-refractivity contribution < 1.29 is 14.3 Å². The van der Waals surface area contributed by atoms with Crippen molar-refractivity contribution in [3.05, 3.63) is 29.3 Å². The number of aryl methyl sites for hydroxylation is 1. The normalized spacial score (nSPS) is 17.7. The maximum Gasteiger partial charge on any atom is 0.408 e. The van der Waals surface area contributed by atoms with Gasteiger partial charge in [0.25, 0.3) is 5.91 Å². The van der Waals surface area contributed by atoms with Crippen molar-refractivity contribution in [2.45, 2.75) is 39.3 Å². The molecule has 0 aliphatic carbocycles. The molecule has 0 bridgehead atoms. The molecule has 0 aromatic heterocycles. The number of carbonyl (C=O) groups is 2. The van der Waals surface area contributed by atoms with Crippen molar-refractivity contribution in [2.24, 2.45) is 0 Å². The molecule has 1 unspecified atom stereocenters. The molecule has 1 aliphatic rings. The van der Waals surface area contributed by atoms with Crippen molar-refractivity contribution >= 4 is 17.7 Å². The molecular formula is C14H18N2O3. The van der Waals surface area contributed by atoms with Gasteiger partial charge < -0.3 is 15.4 Å². The van der Waals surface area contributed by atoms with Gasteiger partial charge in [-0.2, -0.15) is 0 Å². The number of para-hydroxylation sites is 1. The second-order valence-electron chi connectivity index (χ2n) is 5.61. The lowest BCUT2D eigenvalue weighted by molar-refractivity contribution is -0.117. The molecule has 0 radical (unpaired) electrons. The average molecular weight is 262 g/mol. The molecule has 5 heteroatoms. The first-order valence-electron chi connectivity index (χ1n) is 6.18. The Morgan fingerprint density at radius 1 is 1.37 bits per heavy atom. The number of hydrogen-bond donors (Lipinski definition) is 2. The summed E-state index contributed by atoms with van der Waals surface area (Å²) in [5.41, 5.74) is 1.93. The number of anilines is 1. The Morgan fingerprint density at radius 2 is 2.05 bits per heavy atom. The van der Waals surface area contributed by atoms with E-state index in [-0.39, 0.29) is 5.91 Å². The van der Waals surface area contributed by atoms with Crippen LogP contribution in [0.5, 0.6) is 0 Å². The van der Waals surface area contributed by atoms with Gasteiger partial charge in [0.05, 0.1) is 0 Å². The molecule has 1 heterocycles. The summed E-state index contributed by atoms with van der Waals surface area (Å²) in [6, 6.07) is 4.90. The Hall–Kier alpha value is -2.04. The van der Waals surface area contributed by atoms with E-state index in [4.69, 9.17) is 4.74 Å². The van der Waals surface area contributed by atoms with E-state index in [0.29, 0.717) is 0 Å². The fourth-order valence-electron chi connectivity index (χ4n) is 2.01. The van der Waals surface area contributed by atoms with Crippen LogP contribution in [0.15, 0.2) is 18.2 Å². The topological polar surface area (TPSA) is 67.4 Å². The lowest BCUT2D eigenvalue weighted by Crippen LogP contribution is -2.37. The van der Waals surface area contributed by atoms with Crippen LogP contribution in [0.1, 0.15) is 37.9 Å². The summed E-state index contributed by atoms with van der Waals surface area (Å²) < 4.78 is 5.16. The van der Waals surface area contributed by atoms with Crippen LogP contribution in [0.25, 0.3) is 0 Å². The molecular weight excluding hydrogens is 244 g/mol. The summed E-state index contributed by atoms with van der Waals surface area (Å²) in [6.07, 6.45) is -0.595. The summed E-state index contributed by atoms with van der Waals surface area (Å²) >= 11 is 0. The smallest absolute Gasteiger partial charge is 0.408 e.